The van der Waals surface area contributed by atoms with Gasteiger partial charge in [-0.15, -0.1) is 36.2 Å². The molecule has 2 aromatic rings. The average Bonchev–Trinajstić information content (AvgIpc) is 2.98. The second-order valence-corrected chi connectivity index (χ2v) is 7.09. The fourth-order valence-corrected chi connectivity index (χ4v) is 4.11. The molecule has 0 radical (unpaired) electrons. The second-order valence-electron chi connectivity index (χ2n) is 6.09. The normalized spacial score (nSPS) is 14.6. The molecule has 0 spiro atoms. The van der Waals surface area contributed by atoms with Crippen LogP contribution in [0.15, 0.2) is 30.3 Å². The fourth-order valence-electron chi connectivity index (χ4n) is 3.07. The highest BCUT2D eigenvalue weighted by Gasteiger charge is 2.26. The van der Waals surface area contributed by atoms with Crippen LogP contribution in [0, 0.1) is 12.8 Å². The molecule has 1 amide bonds. The Morgan fingerprint density at radius 3 is 2.48 bits per heavy atom. The fraction of sp³-hybridized carbons (Fsp3) is 0.444. The van der Waals surface area contributed by atoms with Crippen LogP contribution in [-0.4, -0.2) is 42.5 Å². The number of hydrogen-bond acceptors (Lipinski definition) is 4. The topological polar surface area (TPSA) is 45.2 Å². The van der Waals surface area contributed by atoms with E-state index >= 15 is 0 Å². The number of thiazole rings is 1. The molecule has 2 heterocycles. The van der Waals surface area contributed by atoms with E-state index in [1.807, 2.05) is 49.2 Å². The van der Waals surface area contributed by atoms with Crippen LogP contribution in [-0.2, 0) is 0 Å². The van der Waals surface area contributed by atoms with E-state index < -0.39 is 0 Å². The first kappa shape index (κ1) is 21.9. The van der Waals surface area contributed by atoms with Gasteiger partial charge in [0.1, 0.15) is 9.88 Å². The molecule has 1 N–H and O–H groups in total. The van der Waals surface area contributed by atoms with Crippen LogP contribution in [0.4, 0.5) is 0 Å². The zero-order valence-corrected chi connectivity index (χ0v) is 17.0. The van der Waals surface area contributed by atoms with Crippen molar-refractivity contribution in [2.75, 3.05) is 26.7 Å². The maximum atomic E-state index is 12.8. The number of aryl methyl sites for hydroxylation is 1. The van der Waals surface area contributed by atoms with E-state index in [1.54, 1.807) is 0 Å². The predicted molar refractivity (Wildman–Crippen MR) is 109 cm³/mol. The quantitative estimate of drug-likeness (QED) is 0.840. The summed E-state index contributed by atoms with van der Waals surface area (Å²) in [7, 11) is 1.99. The Balaban J connectivity index is 0.00000156. The number of halogens is 2. The van der Waals surface area contributed by atoms with Crippen LogP contribution < -0.4 is 5.32 Å². The maximum absolute atomic E-state index is 12.8. The Kier molecular flexibility index (Phi) is 8.86. The number of nitrogens with zero attached hydrogens (tertiary/aromatic N) is 2. The van der Waals surface area contributed by atoms with E-state index in [1.165, 1.54) is 11.3 Å². The minimum atomic E-state index is 0. The lowest BCUT2D eigenvalue weighted by Gasteiger charge is -2.31. The number of benzene rings is 1. The van der Waals surface area contributed by atoms with Crippen molar-refractivity contribution in [2.24, 2.45) is 5.92 Å². The first-order chi connectivity index (χ1) is 11.2. The number of carbonyl (C=O) groups is 1. The maximum Gasteiger partial charge on any atom is 0.265 e. The molecular weight excluding hydrogens is 377 g/mol. The molecule has 0 saturated carbocycles. The van der Waals surface area contributed by atoms with Crippen LogP contribution in [0.5, 0.6) is 0 Å². The summed E-state index contributed by atoms with van der Waals surface area (Å²) in [4.78, 5) is 20.2. The first-order valence-electron chi connectivity index (χ1n) is 8.15. The molecule has 1 fully saturated rings. The summed E-state index contributed by atoms with van der Waals surface area (Å²) in [5.74, 6) is 0.830. The van der Waals surface area contributed by atoms with Crippen molar-refractivity contribution in [3.63, 3.8) is 0 Å². The van der Waals surface area contributed by atoms with Gasteiger partial charge in [-0.2, -0.15) is 0 Å². The smallest absolute Gasteiger partial charge is 0.265 e. The molecule has 25 heavy (non-hydrogen) atoms. The lowest BCUT2D eigenvalue weighted by molar-refractivity contribution is 0.0695. The Labute approximate surface area is 165 Å². The number of rotatable bonds is 4. The van der Waals surface area contributed by atoms with E-state index in [9.17, 15) is 4.79 Å². The summed E-state index contributed by atoms with van der Waals surface area (Å²) >= 11 is 1.51. The first-order valence-corrected chi connectivity index (χ1v) is 8.97. The number of carbonyl (C=O) groups excluding carboxylic acids is 1. The van der Waals surface area contributed by atoms with Crippen LogP contribution in [0.2, 0.25) is 0 Å². The van der Waals surface area contributed by atoms with Gasteiger partial charge in [-0.05, 0) is 39.3 Å². The number of amides is 1. The highest BCUT2D eigenvalue weighted by Crippen LogP contribution is 2.29. The van der Waals surface area contributed by atoms with Gasteiger partial charge in [0.05, 0.1) is 5.69 Å². The predicted octanol–water partition coefficient (Wildman–Crippen LogP) is 4.03. The second kappa shape index (κ2) is 10.1. The SMILES string of the molecule is CNCC1CCN(C(=O)c2sc(-c3ccccc3)nc2C)CC1.Cl.Cl. The monoisotopic (exact) mass is 401 g/mol. The largest absolute Gasteiger partial charge is 0.338 e. The van der Waals surface area contributed by atoms with Crippen molar-refractivity contribution in [3.05, 3.63) is 40.9 Å². The van der Waals surface area contributed by atoms with Gasteiger partial charge < -0.3 is 10.2 Å². The lowest BCUT2D eigenvalue weighted by Crippen LogP contribution is -2.40. The minimum Gasteiger partial charge on any atom is -0.338 e. The van der Waals surface area contributed by atoms with E-state index in [-0.39, 0.29) is 30.7 Å². The zero-order chi connectivity index (χ0) is 16.2. The van der Waals surface area contributed by atoms with E-state index in [0.29, 0.717) is 5.92 Å². The Morgan fingerprint density at radius 1 is 1.24 bits per heavy atom. The molecule has 1 saturated heterocycles. The summed E-state index contributed by atoms with van der Waals surface area (Å²) in [5, 5.41) is 4.16. The number of nitrogens with one attached hydrogen (secondary N) is 1. The molecule has 1 aliphatic rings. The number of likely N-dealkylation sites (tertiary alicyclic amines) is 1. The third kappa shape index (κ3) is 5.17. The Bertz CT molecular complexity index is 670. The molecule has 1 aromatic carbocycles. The summed E-state index contributed by atoms with van der Waals surface area (Å²) < 4.78 is 0. The molecule has 7 heteroatoms. The Morgan fingerprint density at radius 2 is 1.88 bits per heavy atom. The van der Waals surface area contributed by atoms with Crippen LogP contribution in [0.3, 0.4) is 0 Å². The molecule has 0 atom stereocenters. The van der Waals surface area contributed by atoms with Crippen LogP contribution >= 0.6 is 36.2 Å². The van der Waals surface area contributed by atoms with Crippen molar-refractivity contribution in [1.29, 1.82) is 0 Å². The van der Waals surface area contributed by atoms with Gasteiger partial charge in [0.15, 0.2) is 0 Å². The van der Waals surface area contributed by atoms with Gasteiger partial charge >= 0.3 is 0 Å². The standard InChI is InChI=1S/C18H23N3OS.2ClH/c1-13-16(23-17(20-13)15-6-4-3-5-7-15)18(22)21-10-8-14(9-11-21)12-19-2;;/h3-7,14,19H,8-12H2,1-2H3;2*1H. The number of piperidine rings is 1. The van der Waals surface area contributed by atoms with E-state index in [4.69, 9.17) is 0 Å². The van der Waals surface area contributed by atoms with Crippen molar-refractivity contribution in [1.82, 2.24) is 15.2 Å². The van der Waals surface area contributed by atoms with Crippen molar-refractivity contribution >= 4 is 42.1 Å². The van der Waals surface area contributed by atoms with Gasteiger partial charge in [-0.1, -0.05) is 30.3 Å². The van der Waals surface area contributed by atoms with Crippen LogP contribution in [0.25, 0.3) is 10.6 Å². The average molecular weight is 402 g/mol. The molecule has 4 nitrogen and oxygen atoms in total. The van der Waals surface area contributed by atoms with Crippen molar-refractivity contribution < 1.29 is 4.79 Å². The van der Waals surface area contributed by atoms with Crippen LogP contribution in [0.1, 0.15) is 28.2 Å². The molecule has 138 valence electrons. The zero-order valence-electron chi connectivity index (χ0n) is 14.5. The summed E-state index contributed by atoms with van der Waals surface area (Å²) in [5.41, 5.74) is 1.92. The van der Waals surface area contributed by atoms with Gasteiger partial charge in [0.25, 0.3) is 5.91 Å². The van der Waals surface area contributed by atoms with Crippen molar-refractivity contribution in [2.45, 2.75) is 19.8 Å². The minimum absolute atomic E-state index is 0. The summed E-state index contributed by atoms with van der Waals surface area (Å²) in [6.07, 6.45) is 2.16. The molecular formula is C18H25Cl2N3OS. The molecule has 1 aliphatic heterocycles. The van der Waals surface area contributed by atoms with Gasteiger partial charge in [-0.25, -0.2) is 4.98 Å². The Hall–Kier alpha value is -1.14. The molecule has 0 unspecified atom stereocenters. The van der Waals surface area contributed by atoms with Gasteiger partial charge in [0, 0.05) is 18.7 Å². The highest BCUT2D eigenvalue weighted by molar-refractivity contribution is 7.17. The molecule has 0 bridgehead atoms. The number of hydrogen-bond donors (Lipinski definition) is 1. The summed E-state index contributed by atoms with van der Waals surface area (Å²) in [6, 6.07) is 10.1. The van der Waals surface area contributed by atoms with E-state index in [0.717, 1.165) is 53.6 Å². The third-order valence-electron chi connectivity index (χ3n) is 4.41. The molecule has 3 rings (SSSR count). The van der Waals surface area contributed by atoms with Gasteiger partial charge in [-0.3, -0.25) is 4.79 Å². The van der Waals surface area contributed by atoms with Crippen molar-refractivity contribution in [3.8, 4) is 10.6 Å². The van der Waals surface area contributed by atoms with Gasteiger partial charge in [0.2, 0.25) is 0 Å². The molecule has 0 aliphatic carbocycles. The third-order valence-corrected chi connectivity index (χ3v) is 5.60. The molecule has 1 aromatic heterocycles. The van der Waals surface area contributed by atoms with E-state index in [2.05, 4.69) is 10.3 Å². The highest BCUT2D eigenvalue weighted by atomic mass is 35.5. The summed E-state index contributed by atoms with van der Waals surface area (Å²) in [6.45, 7) is 4.68. The lowest BCUT2D eigenvalue weighted by atomic mass is 9.97. The number of aromatic nitrogens is 1.